The van der Waals surface area contributed by atoms with Gasteiger partial charge in [-0.3, -0.25) is 15.0 Å². The van der Waals surface area contributed by atoms with Crippen LogP contribution in [0.3, 0.4) is 0 Å². The predicted octanol–water partition coefficient (Wildman–Crippen LogP) is 16.0. The van der Waals surface area contributed by atoms with Crippen molar-refractivity contribution in [1.82, 2.24) is 15.0 Å². The summed E-state index contributed by atoms with van der Waals surface area (Å²) in [6, 6.07) is 50.4. The maximum atomic E-state index is 13.3. The molecule has 7 heteroatoms. The number of hydrogen-bond donors (Lipinski definition) is 0. The molecule has 0 N–H and O–H groups in total. The van der Waals surface area contributed by atoms with Crippen LogP contribution in [0.1, 0.15) is 64.2 Å². The third kappa shape index (κ3) is 12.7. The van der Waals surface area contributed by atoms with Gasteiger partial charge in [0.05, 0.1) is 25.2 Å². The van der Waals surface area contributed by atoms with E-state index in [0.29, 0.717) is 17.8 Å². The van der Waals surface area contributed by atoms with Crippen LogP contribution < -0.4 is 5.19 Å². The molecular formula is C59H62FIrN3OSi. The molecule has 1 radical (unpaired) electrons. The van der Waals surface area contributed by atoms with Crippen molar-refractivity contribution in [3.63, 3.8) is 0 Å². The molecule has 4 nitrogen and oxygen atoms in total. The Labute approximate surface area is 406 Å². The molecule has 0 unspecified atom stereocenters. The fourth-order valence-corrected chi connectivity index (χ4v) is 9.75. The Morgan fingerprint density at radius 2 is 1.14 bits per heavy atom. The fourth-order valence-electron chi connectivity index (χ4n) is 8.16. The number of furan rings is 1. The second-order valence-electron chi connectivity index (χ2n) is 19.1. The van der Waals surface area contributed by atoms with Gasteiger partial charge in [0, 0.05) is 66.2 Å². The zero-order chi connectivity index (χ0) is 46.1. The summed E-state index contributed by atoms with van der Waals surface area (Å²) in [6.07, 6.45) is 8.15. The number of halogens is 1. The molecule has 0 saturated carbocycles. The van der Waals surface area contributed by atoms with Crippen molar-refractivity contribution in [3.8, 4) is 44.9 Å². The first kappa shape index (κ1) is 49.6. The average molecular weight is 1070 g/mol. The Morgan fingerprint density at radius 1 is 0.530 bits per heavy atom. The Balaban J connectivity index is 0.000000171. The summed E-state index contributed by atoms with van der Waals surface area (Å²) in [6.45, 7) is 20.6. The van der Waals surface area contributed by atoms with Crippen molar-refractivity contribution < 1.29 is 28.9 Å². The molecule has 66 heavy (non-hydrogen) atoms. The van der Waals surface area contributed by atoms with Crippen LogP contribution in [0.2, 0.25) is 19.6 Å². The van der Waals surface area contributed by atoms with E-state index in [-0.39, 0.29) is 25.9 Å². The zero-order valence-electron chi connectivity index (χ0n) is 39.8. The van der Waals surface area contributed by atoms with E-state index in [1.807, 2.05) is 42.7 Å². The molecule has 4 heterocycles. The number of rotatable bonds is 10. The van der Waals surface area contributed by atoms with Gasteiger partial charge in [-0.05, 0) is 124 Å². The quantitative estimate of drug-likeness (QED) is 0.128. The van der Waals surface area contributed by atoms with E-state index in [0.717, 1.165) is 68.6 Å². The minimum atomic E-state index is -1.33. The number of pyridine rings is 3. The van der Waals surface area contributed by atoms with Gasteiger partial charge in [0.25, 0.3) is 0 Å². The minimum Gasteiger partial charge on any atom is -0.455 e. The zero-order valence-corrected chi connectivity index (χ0v) is 43.2. The number of nitrogens with zero attached hydrogens (tertiary/aromatic N) is 3. The maximum absolute atomic E-state index is 13.3. The van der Waals surface area contributed by atoms with E-state index in [2.05, 4.69) is 174 Å². The molecule has 0 saturated heterocycles. The largest absolute Gasteiger partial charge is 0.455 e. The number of hydrogen-bond acceptors (Lipinski definition) is 4. The molecule has 9 rings (SSSR count). The summed E-state index contributed by atoms with van der Waals surface area (Å²) < 4.78 is 19.6. The van der Waals surface area contributed by atoms with Gasteiger partial charge in [-0.1, -0.05) is 152 Å². The van der Waals surface area contributed by atoms with E-state index >= 15 is 0 Å². The normalized spacial score (nSPS) is 11.3. The van der Waals surface area contributed by atoms with Gasteiger partial charge in [-0.15, -0.1) is 0 Å². The van der Waals surface area contributed by atoms with E-state index < -0.39 is 8.07 Å². The first-order valence-electron chi connectivity index (χ1n) is 23.0. The van der Waals surface area contributed by atoms with Crippen LogP contribution in [0.15, 0.2) is 175 Å². The first-order valence-corrected chi connectivity index (χ1v) is 26.5. The molecule has 0 aliphatic carbocycles. The van der Waals surface area contributed by atoms with Gasteiger partial charge in [0.2, 0.25) is 0 Å². The van der Waals surface area contributed by atoms with E-state index in [4.69, 9.17) is 9.40 Å². The Morgan fingerprint density at radius 3 is 1.76 bits per heavy atom. The molecule has 4 aromatic heterocycles. The van der Waals surface area contributed by atoms with Crippen molar-refractivity contribution in [1.29, 1.82) is 0 Å². The molecule has 5 aromatic carbocycles. The Bertz CT molecular complexity index is 2960. The topological polar surface area (TPSA) is 51.8 Å². The molecule has 0 amide bonds. The number of para-hydroxylation sites is 1. The van der Waals surface area contributed by atoms with Crippen LogP contribution in [0.5, 0.6) is 0 Å². The van der Waals surface area contributed by atoms with Crippen LogP contribution in [-0.4, -0.2) is 23.0 Å². The molecule has 0 fully saturated rings. The summed E-state index contributed by atoms with van der Waals surface area (Å²) in [5.74, 6) is 1.56. The summed E-state index contributed by atoms with van der Waals surface area (Å²) in [5, 5.41) is 3.64. The Hall–Kier alpha value is -5.85. The van der Waals surface area contributed by atoms with Crippen molar-refractivity contribution >= 4 is 35.2 Å². The van der Waals surface area contributed by atoms with E-state index in [9.17, 15) is 4.39 Å². The van der Waals surface area contributed by atoms with Crippen LogP contribution in [0.25, 0.3) is 66.8 Å². The number of benzene rings is 5. The van der Waals surface area contributed by atoms with Gasteiger partial charge >= 0.3 is 0 Å². The molecule has 0 spiro atoms. The Kier molecular flexibility index (Phi) is 16.9. The first-order chi connectivity index (χ1) is 31.2. The van der Waals surface area contributed by atoms with Crippen LogP contribution >= 0.6 is 0 Å². The molecule has 0 aliphatic heterocycles. The smallest absolute Gasteiger partial charge is 0.144 e. The van der Waals surface area contributed by atoms with E-state index in [1.54, 1.807) is 12.1 Å². The van der Waals surface area contributed by atoms with E-state index in [1.165, 1.54) is 45.1 Å². The fraction of sp³-hybridized carbons (Fsp3) is 0.237. The molecule has 0 bridgehead atoms. The SMILES string of the molecule is CC(C)Cc1cc(-c2ccccc2)ncc1[Si](C)(C)C.CC(C)Cc1ccnc(-c2ccccc2)c1.CC(C)c1ccnc(-c2cccc3c2oc2cc(-c4ccc(F)cc4)ccc23)c1.[Ir]. The van der Waals surface area contributed by atoms with Gasteiger partial charge in [0.1, 0.15) is 17.0 Å². The van der Waals surface area contributed by atoms with Gasteiger partial charge in [-0.25, -0.2) is 4.39 Å². The standard InChI is InChI=1S/C26H20FNO.C18H25NSi.C15H17N.Ir/c1-16(2)18-12-13-28-24(14-18)23-5-3-4-22-21-11-8-19(15-25(21)29-26(22)23)17-6-9-20(27)10-7-17;1-14(2)11-16-12-17(15-9-7-6-8-10-15)19-13-18(16)20(3,4)5;1-12(2)10-13-8-9-16-15(11-13)14-6-4-3-5-7-14;/h3-16H,1-2H3;6-10,12-14H,11H2,1-5H3;3-9,11-12H,10H2,1-2H3;. The van der Waals surface area contributed by atoms with Gasteiger partial charge in [0.15, 0.2) is 0 Å². The molecule has 0 atom stereocenters. The van der Waals surface area contributed by atoms with Crippen LogP contribution in [-0.2, 0) is 32.9 Å². The third-order valence-electron chi connectivity index (χ3n) is 11.4. The summed E-state index contributed by atoms with van der Waals surface area (Å²) in [7, 11) is -1.33. The third-order valence-corrected chi connectivity index (χ3v) is 13.5. The molecule has 9 aromatic rings. The summed E-state index contributed by atoms with van der Waals surface area (Å²) >= 11 is 0. The molecule has 339 valence electrons. The van der Waals surface area contributed by atoms with Crippen LogP contribution in [0.4, 0.5) is 4.39 Å². The maximum Gasteiger partial charge on any atom is 0.144 e. The second kappa shape index (κ2) is 22.6. The minimum absolute atomic E-state index is 0. The summed E-state index contributed by atoms with van der Waals surface area (Å²) in [5.41, 5.74) is 14.2. The van der Waals surface area contributed by atoms with Crippen LogP contribution in [0, 0.1) is 17.7 Å². The predicted molar refractivity (Wildman–Crippen MR) is 276 cm³/mol. The van der Waals surface area contributed by atoms with Crippen molar-refractivity contribution in [2.75, 3.05) is 0 Å². The van der Waals surface area contributed by atoms with Crippen molar-refractivity contribution in [2.24, 2.45) is 11.8 Å². The van der Waals surface area contributed by atoms with Gasteiger partial charge in [-0.2, -0.15) is 0 Å². The molecule has 0 aliphatic rings. The number of fused-ring (bicyclic) bond motifs is 3. The monoisotopic (exact) mass is 1070 g/mol. The second-order valence-corrected chi connectivity index (χ2v) is 24.1. The van der Waals surface area contributed by atoms with Crippen molar-refractivity contribution in [3.05, 3.63) is 193 Å². The molecular weight excluding hydrogens is 1010 g/mol. The number of aromatic nitrogens is 3. The summed E-state index contributed by atoms with van der Waals surface area (Å²) in [4.78, 5) is 13.7. The van der Waals surface area contributed by atoms with Crippen molar-refractivity contribution in [2.45, 2.75) is 79.9 Å². The average Bonchev–Trinajstić information content (AvgIpc) is 3.68. The van der Waals surface area contributed by atoms with Gasteiger partial charge < -0.3 is 4.42 Å².